The summed E-state index contributed by atoms with van der Waals surface area (Å²) in [6.07, 6.45) is 0. The van der Waals surface area contributed by atoms with Crippen molar-refractivity contribution in [2.75, 3.05) is 0 Å². The summed E-state index contributed by atoms with van der Waals surface area (Å²) in [5, 5.41) is 8.86. The number of rotatable bonds is 2. The van der Waals surface area contributed by atoms with Gasteiger partial charge in [-0.2, -0.15) is 5.26 Å². The Balaban J connectivity index is 2.34. The number of alkyl halides is 1. The maximum atomic E-state index is 9.09. The fourth-order valence-electron chi connectivity index (χ4n) is 2.32. The van der Waals surface area contributed by atoms with Crippen LogP contribution in [0.4, 0.5) is 0 Å². The van der Waals surface area contributed by atoms with Gasteiger partial charge in [-0.1, -0.05) is 6.07 Å². The number of hydrogen-bond donors (Lipinski definition) is 0. The highest BCUT2D eigenvalue weighted by Crippen LogP contribution is 2.29. The van der Waals surface area contributed by atoms with Crippen LogP contribution in [0, 0.1) is 14.9 Å². The summed E-state index contributed by atoms with van der Waals surface area (Å²) in [7, 11) is 0. The van der Waals surface area contributed by atoms with Gasteiger partial charge in [0, 0.05) is 9.26 Å². The van der Waals surface area contributed by atoms with Crippen molar-refractivity contribution in [2.24, 2.45) is 0 Å². The molecule has 0 bridgehead atoms. The third-order valence-electron chi connectivity index (χ3n) is 3.23. The van der Waals surface area contributed by atoms with E-state index in [1.165, 1.54) is 0 Å². The molecule has 0 spiro atoms. The number of fused-ring (bicyclic) bond motifs is 1. The minimum Gasteiger partial charge on any atom is -0.295 e. The Hall–Kier alpha value is -1.58. The van der Waals surface area contributed by atoms with Gasteiger partial charge < -0.3 is 0 Å². The van der Waals surface area contributed by atoms with Gasteiger partial charge in [0.05, 0.1) is 28.0 Å². The first-order valence-corrected chi connectivity index (χ1v) is 7.94. The molecule has 1 heterocycles. The first-order valence-electron chi connectivity index (χ1n) is 6.42. The van der Waals surface area contributed by atoms with Gasteiger partial charge in [0.1, 0.15) is 5.82 Å². The second kappa shape index (κ2) is 5.66. The number of nitriles is 1. The molecule has 3 aromatic rings. The molecular formula is C16H11ClIN3. The molecule has 1 aromatic heterocycles. The number of hydrogen-bond acceptors (Lipinski definition) is 2. The zero-order valence-corrected chi connectivity index (χ0v) is 14.1. The van der Waals surface area contributed by atoms with Crippen molar-refractivity contribution >= 4 is 45.2 Å². The van der Waals surface area contributed by atoms with E-state index in [0.29, 0.717) is 5.56 Å². The van der Waals surface area contributed by atoms with Crippen LogP contribution >= 0.6 is 34.2 Å². The average molecular weight is 408 g/mol. The Bertz CT molecular complexity index is 862. The van der Waals surface area contributed by atoms with Crippen molar-refractivity contribution in [2.45, 2.75) is 12.3 Å². The number of halogens is 2. The molecule has 3 rings (SSSR count). The zero-order valence-electron chi connectivity index (χ0n) is 11.2. The molecule has 0 aliphatic heterocycles. The van der Waals surface area contributed by atoms with E-state index in [-0.39, 0.29) is 5.38 Å². The van der Waals surface area contributed by atoms with E-state index >= 15 is 0 Å². The average Bonchev–Trinajstić information content (AvgIpc) is 2.86. The molecule has 104 valence electrons. The molecular weight excluding hydrogens is 397 g/mol. The maximum Gasteiger partial charge on any atom is 0.132 e. The standard InChI is InChI=1S/C16H11ClIN3/c1-10(17)16-20-14-8-12(18)5-6-15(14)21(16)13-4-2-3-11(7-13)9-19/h2-8,10H,1H3. The fourth-order valence-corrected chi connectivity index (χ4v) is 2.95. The van der Waals surface area contributed by atoms with Crippen LogP contribution in [-0.4, -0.2) is 9.55 Å². The SMILES string of the molecule is CC(Cl)c1nc2cc(I)ccc2n1-c1cccc(C#N)c1. The van der Waals surface area contributed by atoms with Gasteiger partial charge in [-0.15, -0.1) is 11.6 Å². The second-order valence-corrected chi connectivity index (χ2v) is 6.62. The summed E-state index contributed by atoms with van der Waals surface area (Å²) in [5.41, 5.74) is 3.42. The van der Waals surface area contributed by atoms with Crippen molar-refractivity contribution in [1.29, 1.82) is 5.26 Å². The van der Waals surface area contributed by atoms with Gasteiger partial charge in [0.2, 0.25) is 0 Å². The molecule has 0 radical (unpaired) electrons. The fraction of sp³-hybridized carbons (Fsp3) is 0.125. The van der Waals surface area contributed by atoms with E-state index in [1.54, 1.807) is 6.07 Å². The molecule has 0 saturated carbocycles. The van der Waals surface area contributed by atoms with E-state index in [0.717, 1.165) is 26.1 Å². The Morgan fingerprint density at radius 2 is 2.10 bits per heavy atom. The number of nitrogens with zero attached hydrogens (tertiary/aromatic N) is 3. The summed E-state index contributed by atoms with van der Waals surface area (Å²) in [6.45, 7) is 1.90. The molecule has 0 amide bonds. The molecule has 21 heavy (non-hydrogen) atoms. The maximum absolute atomic E-state index is 9.09. The Morgan fingerprint density at radius 1 is 1.29 bits per heavy atom. The molecule has 0 N–H and O–H groups in total. The topological polar surface area (TPSA) is 41.6 Å². The van der Waals surface area contributed by atoms with E-state index in [9.17, 15) is 0 Å². The zero-order chi connectivity index (χ0) is 15.0. The minimum absolute atomic E-state index is 0.221. The lowest BCUT2D eigenvalue weighted by atomic mass is 10.2. The number of aromatic nitrogens is 2. The van der Waals surface area contributed by atoms with Crippen LogP contribution in [0.3, 0.4) is 0 Å². The van der Waals surface area contributed by atoms with Gasteiger partial charge in [-0.05, 0) is 65.9 Å². The highest BCUT2D eigenvalue weighted by atomic mass is 127. The molecule has 0 aliphatic rings. The lowest BCUT2D eigenvalue weighted by molar-refractivity contribution is 0.882. The second-order valence-electron chi connectivity index (χ2n) is 4.72. The van der Waals surface area contributed by atoms with Crippen molar-refractivity contribution in [3.8, 4) is 11.8 Å². The van der Waals surface area contributed by atoms with E-state index < -0.39 is 0 Å². The largest absolute Gasteiger partial charge is 0.295 e. The molecule has 1 atom stereocenters. The predicted octanol–water partition coefficient (Wildman–Crippen LogP) is 4.80. The van der Waals surface area contributed by atoms with Crippen LogP contribution < -0.4 is 0 Å². The van der Waals surface area contributed by atoms with Gasteiger partial charge in [0.15, 0.2) is 0 Å². The first-order chi connectivity index (χ1) is 10.1. The Kier molecular flexibility index (Phi) is 3.87. The van der Waals surface area contributed by atoms with E-state index in [2.05, 4.69) is 33.6 Å². The Labute approximate surface area is 141 Å². The molecule has 1 unspecified atom stereocenters. The summed E-state index contributed by atoms with van der Waals surface area (Å²) in [4.78, 5) is 4.65. The van der Waals surface area contributed by atoms with Crippen LogP contribution in [0.25, 0.3) is 16.7 Å². The predicted molar refractivity (Wildman–Crippen MR) is 92.8 cm³/mol. The summed E-state index contributed by atoms with van der Waals surface area (Å²) >= 11 is 8.56. The Morgan fingerprint density at radius 3 is 2.81 bits per heavy atom. The van der Waals surface area contributed by atoms with Crippen LogP contribution in [0.5, 0.6) is 0 Å². The number of imidazole rings is 1. The van der Waals surface area contributed by atoms with Crippen LogP contribution in [0.2, 0.25) is 0 Å². The smallest absolute Gasteiger partial charge is 0.132 e. The van der Waals surface area contributed by atoms with Gasteiger partial charge in [-0.25, -0.2) is 4.98 Å². The summed E-state index contributed by atoms with van der Waals surface area (Å²) in [5.74, 6) is 0.781. The summed E-state index contributed by atoms with van der Waals surface area (Å²) < 4.78 is 3.15. The van der Waals surface area contributed by atoms with Crippen molar-refractivity contribution < 1.29 is 0 Å². The normalized spacial score (nSPS) is 12.3. The third kappa shape index (κ3) is 2.63. The number of benzene rings is 2. The van der Waals surface area contributed by atoms with E-state index in [1.807, 2.05) is 47.9 Å². The van der Waals surface area contributed by atoms with Crippen molar-refractivity contribution in [3.05, 3.63) is 57.4 Å². The van der Waals surface area contributed by atoms with Crippen molar-refractivity contribution in [1.82, 2.24) is 9.55 Å². The van der Waals surface area contributed by atoms with Gasteiger partial charge in [0.25, 0.3) is 0 Å². The van der Waals surface area contributed by atoms with Crippen LogP contribution in [0.15, 0.2) is 42.5 Å². The first kappa shape index (κ1) is 14.4. The molecule has 5 heteroatoms. The van der Waals surface area contributed by atoms with Crippen LogP contribution in [-0.2, 0) is 0 Å². The van der Waals surface area contributed by atoms with Gasteiger partial charge in [-0.3, -0.25) is 4.57 Å². The minimum atomic E-state index is -0.221. The molecule has 2 aromatic carbocycles. The van der Waals surface area contributed by atoms with Gasteiger partial charge >= 0.3 is 0 Å². The van der Waals surface area contributed by atoms with Crippen molar-refractivity contribution in [3.63, 3.8) is 0 Å². The molecule has 0 saturated heterocycles. The monoisotopic (exact) mass is 407 g/mol. The highest BCUT2D eigenvalue weighted by Gasteiger charge is 2.16. The lowest BCUT2D eigenvalue weighted by Crippen LogP contribution is -2.02. The highest BCUT2D eigenvalue weighted by molar-refractivity contribution is 14.1. The molecule has 0 aliphatic carbocycles. The quantitative estimate of drug-likeness (QED) is 0.452. The third-order valence-corrected chi connectivity index (χ3v) is 4.10. The lowest BCUT2D eigenvalue weighted by Gasteiger charge is -2.10. The van der Waals surface area contributed by atoms with E-state index in [4.69, 9.17) is 16.9 Å². The van der Waals surface area contributed by atoms with Crippen LogP contribution in [0.1, 0.15) is 23.7 Å². The molecule has 0 fully saturated rings. The summed E-state index contributed by atoms with van der Waals surface area (Å²) in [6, 6.07) is 15.7. The molecule has 3 nitrogen and oxygen atoms in total.